The highest BCUT2D eigenvalue weighted by Crippen LogP contribution is 2.09. The van der Waals surface area contributed by atoms with Crippen LogP contribution in [-0.2, 0) is 9.84 Å². The second-order valence-corrected chi connectivity index (χ2v) is 3.92. The molecule has 1 rings (SSSR count). The van der Waals surface area contributed by atoms with E-state index in [4.69, 9.17) is 0 Å². The summed E-state index contributed by atoms with van der Waals surface area (Å²) in [5, 5.41) is 0.947. The predicted molar refractivity (Wildman–Crippen MR) is 43.8 cm³/mol. The molecule has 0 aliphatic carbocycles. The molecule has 58 valence electrons. The van der Waals surface area contributed by atoms with Crippen LogP contribution in [0.25, 0.3) is 0 Å². The maximum Gasteiger partial charge on any atom is 0.199 e. The molecule has 11 heavy (non-hydrogen) atoms. The lowest BCUT2D eigenvalue weighted by Gasteiger charge is -1.95. The van der Waals surface area contributed by atoms with E-state index in [1.165, 1.54) is 12.1 Å². The minimum atomic E-state index is -3.23. The van der Waals surface area contributed by atoms with Crippen molar-refractivity contribution in [3.8, 4) is 0 Å². The molecule has 0 aromatic heterocycles. The first-order valence-corrected chi connectivity index (χ1v) is 4.64. The van der Waals surface area contributed by atoms with Gasteiger partial charge in [0.2, 0.25) is 0 Å². The highest BCUT2D eigenvalue weighted by molar-refractivity contribution is 7.94. The van der Waals surface area contributed by atoms with Crippen LogP contribution in [-0.4, -0.2) is 8.42 Å². The number of benzene rings is 1. The number of hydrogen-bond acceptors (Lipinski definition) is 2. The lowest BCUT2D eigenvalue weighted by molar-refractivity contribution is 0.604. The van der Waals surface area contributed by atoms with Gasteiger partial charge in [0.05, 0.1) is 4.90 Å². The first-order valence-electron chi connectivity index (χ1n) is 3.09. The average molecular weight is 170 g/mol. The lowest BCUT2D eigenvalue weighted by Crippen LogP contribution is -1.93. The van der Waals surface area contributed by atoms with Crippen LogP contribution in [0.2, 0.25) is 0 Å². The molecule has 0 N–H and O–H groups in total. The molecule has 1 aromatic rings. The van der Waals surface area contributed by atoms with Gasteiger partial charge in [-0.2, -0.15) is 0 Å². The molecule has 0 aliphatic rings. The summed E-state index contributed by atoms with van der Waals surface area (Å²) in [6.07, 6.45) is 0. The minimum absolute atomic E-state index is 0.287. The van der Waals surface area contributed by atoms with Crippen LogP contribution in [0, 0.1) is 0 Å². The van der Waals surface area contributed by atoms with Crippen molar-refractivity contribution < 1.29 is 8.42 Å². The first-order chi connectivity index (χ1) is 5.17. The molecule has 1 aromatic carbocycles. The number of hydrogen-bond donors (Lipinski definition) is 0. The van der Waals surface area contributed by atoms with E-state index in [-0.39, 0.29) is 4.90 Å². The summed E-state index contributed by atoms with van der Waals surface area (Å²) in [6, 6.07) is 8.20. The largest absolute Gasteiger partial charge is 0.219 e. The molecule has 0 radical (unpaired) electrons. The van der Waals surface area contributed by atoms with E-state index in [0.717, 1.165) is 5.41 Å². The average Bonchev–Trinajstić information content (AvgIpc) is 2.06. The predicted octanol–water partition coefficient (Wildman–Crippen LogP) is 1.60. The highest BCUT2D eigenvalue weighted by atomic mass is 32.2. The van der Waals surface area contributed by atoms with E-state index in [0.29, 0.717) is 0 Å². The molecule has 0 saturated carbocycles. The zero-order valence-corrected chi connectivity index (χ0v) is 6.71. The molecule has 0 saturated heterocycles. The van der Waals surface area contributed by atoms with Gasteiger partial charge < -0.3 is 0 Å². The van der Waals surface area contributed by atoms with Gasteiger partial charge in [0.1, 0.15) is 0 Å². The molecule has 0 unspecified atom stereocenters. The minimum Gasteiger partial charge on any atom is -0.219 e. The van der Waals surface area contributed by atoms with Crippen molar-refractivity contribution in [3.63, 3.8) is 0 Å². The Morgan fingerprint density at radius 2 is 1.73 bits per heavy atom. The summed E-state index contributed by atoms with van der Waals surface area (Å²) < 4.78 is 22.2. The van der Waals surface area contributed by atoms with Crippen LogP contribution in [0.3, 0.4) is 0 Å². The Morgan fingerprint density at radius 1 is 1.18 bits per heavy atom. The maximum absolute atomic E-state index is 11.1. The van der Waals surface area contributed by atoms with Crippen molar-refractivity contribution in [2.75, 3.05) is 0 Å². The molecule has 0 spiro atoms. The number of rotatable bonds is 2. The Morgan fingerprint density at radius 3 is 2.18 bits per heavy atom. The van der Waals surface area contributed by atoms with Crippen LogP contribution < -0.4 is 0 Å². The molecule has 0 bridgehead atoms. The quantitative estimate of drug-likeness (QED) is 0.632. The van der Waals surface area contributed by atoms with E-state index in [9.17, 15) is 8.42 Å². The summed E-state index contributed by atoms with van der Waals surface area (Å²) >= 11 is 0. The van der Waals surface area contributed by atoms with Crippen molar-refractivity contribution in [1.82, 2.24) is 0 Å². The van der Waals surface area contributed by atoms with Crippen LogP contribution in [0.5, 0.6) is 0 Å². The Balaban J connectivity index is 3.24. The van der Waals surface area contributed by atoms with Gasteiger partial charge in [0.25, 0.3) is 0 Å². The van der Waals surface area contributed by atoms with Crippen LogP contribution in [0.4, 0.5) is 0 Å². The Labute approximate surface area is 66.1 Å². The Bertz CT molecular complexity index is 338. The molecule has 0 amide bonds. The lowest BCUT2D eigenvalue weighted by atomic mass is 10.4. The number of sulfone groups is 1. The van der Waals surface area contributed by atoms with Crippen LogP contribution in [0.1, 0.15) is 0 Å². The van der Waals surface area contributed by atoms with Crippen molar-refractivity contribution >= 4 is 9.84 Å². The van der Waals surface area contributed by atoms with Crippen LogP contribution in [0.15, 0.2) is 47.2 Å². The fraction of sp³-hybridized carbons (Fsp3) is 0. The normalized spacial score (nSPS) is 10.9. The van der Waals surface area contributed by atoms with Crippen molar-refractivity contribution in [1.29, 1.82) is 0 Å². The van der Waals surface area contributed by atoms with Gasteiger partial charge in [-0.15, -0.1) is 0 Å². The Hall–Kier alpha value is -1.09. The van der Waals surface area contributed by atoms with Crippen molar-refractivity contribution in [2.45, 2.75) is 4.90 Å². The third kappa shape index (κ3) is 1.68. The topological polar surface area (TPSA) is 34.1 Å². The van der Waals surface area contributed by atoms with E-state index >= 15 is 0 Å². The maximum atomic E-state index is 11.1. The zero-order chi connectivity index (χ0) is 8.32. The molecule has 0 aliphatic heterocycles. The van der Waals surface area contributed by atoms with Gasteiger partial charge in [0, 0.05) is 5.41 Å². The molecular weight excluding hydrogens is 162 g/mol. The Kier molecular flexibility index (Phi) is 2.10. The molecular formula is C8H8O2S. The smallest absolute Gasteiger partial charge is 0.199 e. The second kappa shape index (κ2) is 2.88. The fourth-order valence-corrected chi connectivity index (χ4v) is 1.44. The van der Waals surface area contributed by atoms with Gasteiger partial charge in [-0.3, -0.25) is 0 Å². The summed E-state index contributed by atoms with van der Waals surface area (Å²) in [5.41, 5.74) is 0. The second-order valence-electron chi connectivity index (χ2n) is 2.02. The molecule has 0 atom stereocenters. The standard InChI is InChI=1S/C8H8O2S/c1-2-11(9,10)8-6-4-3-5-7-8/h2-7H,1H2/i1+1,2+1. The molecule has 0 heterocycles. The van der Waals surface area contributed by atoms with E-state index in [1.807, 2.05) is 0 Å². The molecule has 2 nitrogen and oxygen atoms in total. The third-order valence-corrected chi connectivity index (χ3v) is 2.66. The third-order valence-electron chi connectivity index (χ3n) is 1.29. The van der Waals surface area contributed by atoms with Gasteiger partial charge in [0.15, 0.2) is 9.84 Å². The van der Waals surface area contributed by atoms with Gasteiger partial charge in [-0.25, -0.2) is 8.42 Å². The summed E-state index contributed by atoms with van der Waals surface area (Å²) in [6.45, 7) is 3.22. The summed E-state index contributed by atoms with van der Waals surface area (Å²) in [5.74, 6) is 0. The van der Waals surface area contributed by atoms with E-state index < -0.39 is 9.84 Å². The zero-order valence-electron chi connectivity index (χ0n) is 5.90. The van der Waals surface area contributed by atoms with Gasteiger partial charge in [-0.1, -0.05) is 24.8 Å². The summed E-state index contributed by atoms with van der Waals surface area (Å²) in [4.78, 5) is 0.287. The van der Waals surface area contributed by atoms with Crippen molar-refractivity contribution in [2.24, 2.45) is 0 Å². The van der Waals surface area contributed by atoms with Gasteiger partial charge >= 0.3 is 0 Å². The van der Waals surface area contributed by atoms with E-state index in [1.54, 1.807) is 18.2 Å². The van der Waals surface area contributed by atoms with E-state index in [2.05, 4.69) is 6.58 Å². The summed E-state index contributed by atoms with van der Waals surface area (Å²) in [7, 11) is -3.23. The fourth-order valence-electron chi connectivity index (χ4n) is 0.706. The SMILES string of the molecule is [13CH2]=[13CH]S(=O)(=O)c1ccccc1. The van der Waals surface area contributed by atoms with Gasteiger partial charge in [-0.05, 0) is 12.1 Å². The first kappa shape index (κ1) is 8.01. The highest BCUT2D eigenvalue weighted by Gasteiger charge is 2.06. The molecule has 3 heteroatoms. The van der Waals surface area contributed by atoms with Crippen molar-refractivity contribution in [3.05, 3.63) is 42.3 Å². The monoisotopic (exact) mass is 170 g/mol. The molecule has 0 fully saturated rings. The van der Waals surface area contributed by atoms with Crippen LogP contribution >= 0.6 is 0 Å².